The van der Waals surface area contributed by atoms with Crippen LogP contribution in [0.15, 0.2) is 6.07 Å². The number of carbonyl (C=O) groups excluding carboxylic acids is 2. The predicted molar refractivity (Wildman–Crippen MR) is 54.7 cm³/mol. The molecule has 0 aliphatic carbocycles. The average molecular weight is 221 g/mol. The smallest absolute Gasteiger partial charge is 0.337 e. The summed E-state index contributed by atoms with van der Waals surface area (Å²) in [6, 6.07) is 1.31. The van der Waals surface area contributed by atoms with Gasteiger partial charge in [0.25, 0.3) is 0 Å². The van der Waals surface area contributed by atoms with E-state index >= 15 is 0 Å². The first-order chi connectivity index (χ1) is 7.52. The first kappa shape index (κ1) is 10.6. The van der Waals surface area contributed by atoms with E-state index in [2.05, 4.69) is 0 Å². The molecule has 5 nitrogen and oxygen atoms in total. The number of rotatable bonds is 3. The highest BCUT2D eigenvalue weighted by Gasteiger charge is 2.27. The molecule has 5 heteroatoms. The summed E-state index contributed by atoms with van der Waals surface area (Å²) >= 11 is 0. The second kappa shape index (κ2) is 3.59. The number of ketones is 2. The van der Waals surface area contributed by atoms with Crippen LogP contribution < -0.4 is 0 Å². The Balaban J connectivity index is 2.56. The van der Waals surface area contributed by atoms with Gasteiger partial charge in [0.15, 0.2) is 0 Å². The second-order valence-corrected chi connectivity index (χ2v) is 3.84. The SMILES string of the molecule is CC(=O)C(=O)c1cc(C(=O)O)c2n1CCC2. The van der Waals surface area contributed by atoms with Crippen LogP contribution in [0.2, 0.25) is 0 Å². The van der Waals surface area contributed by atoms with Crippen molar-refractivity contribution in [3.63, 3.8) is 0 Å². The lowest BCUT2D eigenvalue weighted by atomic mass is 10.1. The van der Waals surface area contributed by atoms with Crippen LogP contribution in [0.3, 0.4) is 0 Å². The van der Waals surface area contributed by atoms with Crippen molar-refractivity contribution in [3.05, 3.63) is 23.0 Å². The molecule has 0 fully saturated rings. The molecule has 1 aromatic heterocycles. The largest absolute Gasteiger partial charge is 0.478 e. The Hall–Kier alpha value is -1.91. The van der Waals surface area contributed by atoms with Crippen LogP contribution in [0.1, 0.15) is 39.9 Å². The van der Waals surface area contributed by atoms with Crippen LogP contribution in [0.4, 0.5) is 0 Å². The maximum absolute atomic E-state index is 11.6. The minimum atomic E-state index is -1.05. The van der Waals surface area contributed by atoms with Crippen LogP contribution in [-0.4, -0.2) is 27.2 Å². The summed E-state index contributed by atoms with van der Waals surface area (Å²) in [5.41, 5.74) is 0.997. The molecule has 1 N–H and O–H groups in total. The summed E-state index contributed by atoms with van der Waals surface area (Å²) in [7, 11) is 0. The van der Waals surface area contributed by atoms with Crippen molar-refractivity contribution in [2.24, 2.45) is 0 Å². The molecule has 0 aromatic carbocycles. The summed E-state index contributed by atoms with van der Waals surface area (Å²) in [5.74, 6) is -2.23. The van der Waals surface area contributed by atoms with Gasteiger partial charge < -0.3 is 9.67 Å². The van der Waals surface area contributed by atoms with Gasteiger partial charge in [-0.2, -0.15) is 0 Å². The quantitative estimate of drug-likeness (QED) is 0.607. The van der Waals surface area contributed by atoms with Gasteiger partial charge in [0.2, 0.25) is 11.6 Å². The molecule has 1 aromatic rings. The standard InChI is InChI=1S/C11H11NO4/c1-6(13)10(14)9-5-7(11(15)16)8-3-2-4-12(8)9/h5H,2-4H2,1H3,(H,15,16). The zero-order valence-corrected chi connectivity index (χ0v) is 8.82. The van der Waals surface area contributed by atoms with Crippen molar-refractivity contribution in [1.29, 1.82) is 0 Å². The van der Waals surface area contributed by atoms with Crippen LogP contribution in [0, 0.1) is 0 Å². The Bertz CT molecular complexity index is 498. The van der Waals surface area contributed by atoms with E-state index in [-0.39, 0.29) is 11.3 Å². The van der Waals surface area contributed by atoms with Crippen molar-refractivity contribution < 1.29 is 19.5 Å². The summed E-state index contributed by atoms with van der Waals surface area (Å²) in [6.45, 7) is 1.80. The topological polar surface area (TPSA) is 76.4 Å². The number of carboxylic acid groups (broad SMARTS) is 1. The summed E-state index contributed by atoms with van der Waals surface area (Å²) < 4.78 is 1.65. The molecular weight excluding hydrogens is 210 g/mol. The number of carboxylic acids is 1. The van der Waals surface area contributed by atoms with E-state index in [1.807, 2.05) is 0 Å². The van der Waals surface area contributed by atoms with Crippen LogP contribution in [0.25, 0.3) is 0 Å². The van der Waals surface area contributed by atoms with E-state index in [0.29, 0.717) is 18.7 Å². The lowest BCUT2D eigenvalue weighted by Crippen LogP contribution is -2.14. The number of nitrogens with zero attached hydrogens (tertiary/aromatic N) is 1. The Morgan fingerprint density at radius 1 is 1.38 bits per heavy atom. The molecule has 0 bridgehead atoms. The normalized spacial score (nSPS) is 13.6. The molecular formula is C11H11NO4. The number of carbonyl (C=O) groups is 3. The van der Waals surface area contributed by atoms with Gasteiger partial charge >= 0.3 is 5.97 Å². The van der Waals surface area contributed by atoms with Crippen molar-refractivity contribution in [2.75, 3.05) is 0 Å². The first-order valence-electron chi connectivity index (χ1n) is 5.03. The van der Waals surface area contributed by atoms with E-state index in [1.54, 1.807) is 4.57 Å². The first-order valence-corrected chi connectivity index (χ1v) is 5.03. The minimum Gasteiger partial charge on any atom is -0.478 e. The highest BCUT2D eigenvalue weighted by molar-refractivity contribution is 6.42. The van der Waals surface area contributed by atoms with E-state index in [4.69, 9.17) is 5.11 Å². The highest BCUT2D eigenvalue weighted by atomic mass is 16.4. The summed E-state index contributed by atoms with van der Waals surface area (Å²) in [6.07, 6.45) is 1.46. The molecule has 0 radical (unpaired) electrons. The third-order valence-corrected chi connectivity index (χ3v) is 2.79. The molecule has 1 aliphatic heterocycles. The number of Topliss-reactive ketones (excluding diaryl/α,β-unsaturated/α-hetero) is 2. The Morgan fingerprint density at radius 2 is 2.06 bits per heavy atom. The number of hydrogen-bond donors (Lipinski definition) is 1. The molecule has 16 heavy (non-hydrogen) atoms. The van der Waals surface area contributed by atoms with E-state index in [9.17, 15) is 14.4 Å². The van der Waals surface area contributed by atoms with E-state index < -0.39 is 17.5 Å². The summed E-state index contributed by atoms with van der Waals surface area (Å²) in [5, 5.41) is 8.97. The van der Waals surface area contributed by atoms with Crippen molar-refractivity contribution in [3.8, 4) is 0 Å². The molecule has 2 heterocycles. The number of aromatic nitrogens is 1. The van der Waals surface area contributed by atoms with Crippen molar-refractivity contribution >= 4 is 17.5 Å². The van der Waals surface area contributed by atoms with Crippen LogP contribution in [0.5, 0.6) is 0 Å². The average Bonchev–Trinajstić information content (AvgIpc) is 2.75. The molecule has 84 valence electrons. The maximum Gasteiger partial charge on any atom is 0.337 e. The molecule has 0 amide bonds. The van der Waals surface area contributed by atoms with Gasteiger partial charge in [-0.05, 0) is 18.9 Å². The fourth-order valence-electron chi connectivity index (χ4n) is 2.07. The number of fused-ring (bicyclic) bond motifs is 1. The fourth-order valence-corrected chi connectivity index (χ4v) is 2.07. The zero-order chi connectivity index (χ0) is 11.9. The zero-order valence-electron chi connectivity index (χ0n) is 8.82. The predicted octanol–water partition coefficient (Wildman–Crippen LogP) is 0.904. The van der Waals surface area contributed by atoms with Gasteiger partial charge in [-0.25, -0.2) is 4.79 Å². The monoisotopic (exact) mass is 221 g/mol. The third-order valence-electron chi connectivity index (χ3n) is 2.79. The van der Waals surface area contributed by atoms with E-state index in [0.717, 1.165) is 6.42 Å². The van der Waals surface area contributed by atoms with Gasteiger partial charge in [-0.3, -0.25) is 9.59 Å². The molecule has 2 rings (SSSR count). The van der Waals surface area contributed by atoms with Gasteiger partial charge in [0, 0.05) is 19.2 Å². The van der Waals surface area contributed by atoms with E-state index in [1.165, 1.54) is 13.0 Å². The molecule has 0 atom stereocenters. The van der Waals surface area contributed by atoms with Crippen LogP contribution >= 0.6 is 0 Å². The van der Waals surface area contributed by atoms with Gasteiger partial charge in [0.05, 0.1) is 11.3 Å². The summed E-state index contributed by atoms with van der Waals surface area (Å²) in [4.78, 5) is 33.5. The minimum absolute atomic E-state index is 0.141. The van der Waals surface area contributed by atoms with Crippen LogP contribution in [-0.2, 0) is 17.8 Å². The Labute approximate surface area is 91.7 Å². The second-order valence-electron chi connectivity index (χ2n) is 3.84. The Morgan fingerprint density at radius 3 is 2.62 bits per heavy atom. The molecule has 0 saturated carbocycles. The molecule has 0 spiro atoms. The number of aromatic carboxylic acids is 1. The Kier molecular flexibility index (Phi) is 2.38. The molecule has 1 aliphatic rings. The third kappa shape index (κ3) is 1.44. The maximum atomic E-state index is 11.6. The fraction of sp³-hybridized carbons (Fsp3) is 0.364. The van der Waals surface area contributed by atoms with Gasteiger partial charge in [-0.15, -0.1) is 0 Å². The van der Waals surface area contributed by atoms with Crippen molar-refractivity contribution in [1.82, 2.24) is 4.57 Å². The highest BCUT2D eigenvalue weighted by Crippen LogP contribution is 2.24. The van der Waals surface area contributed by atoms with Crippen molar-refractivity contribution in [2.45, 2.75) is 26.3 Å². The number of hydrogen-bond acceptors (Lipinski definition) is 3. The van der Waals surface area contributed by atoms with Gasteiger partial charge in [-0.1, -0.05) is 0 Å². The molecule has 0 unspecified atom stereocenters. The lowest BCUT2D eigenvalue weighted by molar-refractivity contribution is -0.113. The lowest BCUT2D eigenvalue weighted by Gasteiger charge is -2.01. The van der Waals surface area contributed by atoms with Gasteiger partial charge in [0.1, 0.15) is 0 Å². The molecule has 0 saturated heterocycles.